The first-order valence-electron chi connectivity index (χ1n) is 12.8. The predicted molar refractivity (Wildman–Crippen MR) is 140 cm³/mol. The van der Waals surface area contributed by atoms with Gasteiger partial charge in [-0.05, 0) is 80.4 Å². The number of aryl methyl sites for hydroxylation is 1. The number of aromatic nitrogens is 5. The van der Waals surface area contributed by atoms with E-state index in [1.54, 1.807) is 6.20 Å². The number of aliphatic carboxylic acids is 1. The van der Waals surface area contributed by atoms with Crippen LogP contribution in [-0.4, -0.2) is 47.6 Å². The maximum atomic E-state index is 14.0. The van der Waals surface area contributed by atoms with Gasteiger partial charge in [0.15, 0.2) is 5.82 Å². The molecule has 188 valence electrons. The molecule has 0 spiro atoms. The fourth-order valence-corrected chi connectivity index (χ4v) is 7.03. The van der Waals surface area contributed by atoms with Crippen molar-refractivity contribution in [1.29, 1.82) is 0 Å². The Morgan fingerprint density at radius 3 is 2.75 bits per heavy atom. The molecule has 3 saturated carbocycles. The Morgan fingerprint density at radius 2 is 1.97 bits per heavy atom. The molecule has 36 heavy (non-hydrogen) atoms. The molecule has 2 atom stereocenters. The Hall–Kier alpha value is -2.94. The van der Waals surface area contributed by atoms with Gasteiger partial charge in [0, 0.05) is 34.9 Å². The van der Waals surface area contributed by atoms with Crippen LogP contribution < -0.4 is 0 Å². The summed E-state index contributed by atoms with van der Waals surface area (Å²) >= 11 is 1.85. The molecule has 7 rings (SSSR count). The van der Waals surface area contributed by atoms with Crippen LogP contribution in [-0.2, 0) is 11.2 Å². The zero-order chi connectivity index (χ0) is 24.8. The highest BCUT2D eigenvalue weighted by Gasteiger charge is 2.48. The fourth-order valence-electron chi connectivity index (χ4n) is 6.54. The number of thioether (sulfide) groups is 1. The molecule has 4 heterocycles. The molecule has 9 heteroatoms. The van der Waals surface area contributed by atoms with E-state index >= 15 is 0 Å². The second-order valence-corrected chi connectivity index (χ2v) is 11.2. The van der Waals surface area contributed by atoms with Crippen LogP contribution in [0.3, 0.4) is 0 Å². The van der Waals surface area contributed by atoms with Crippen LogP contribution >= 0.6 is 11.8 Å². The van der Waals surface area contributed by atoms with Gasteiger partial charge in [0.1, 0.15) is 17.1 Å². The van der Waals surface area contributed by atoms with Crippen molar-refractivity contribution < 1.29 is 14.3 Å². The fraction of sp³-hybridized carbons (Fsp3) is 0.481. The number of rotatable bonds is 8. The summed E-state index contributed by atoms with van der Waals surface area (Å²) in [4.78, 5) is 29.3. The molecule has 0 saturated heterocycles. The number of carboxylic acid groups (broad SMARTS) is 1. The second kappa shape index (κ2) is 9.50. The summed E-state index contributed by atoms with van der Waals surface area (Å²) in [5, 5.41) is 11.8. The van der Waals surface area contributed by atoms with Crippen molar-refractivity contribution in [3.8, 4) is 11.4 Å². The number of aromatic amines is 1. The van der Waals surface area contributed by atoms with Gasteiger partial charge in [0.05, 0.1) is 18.2 Å². The summed E-state index contributed by atoms with van der Waals surface area (Å²) in [6.45, 7) is 0. The number of H-pyrrole nitrogens is 1. The lowest BCUT2D eigenvalue weighted by Crippen LogP contribution is -2.44. The minimum absolute atomic E-state index is 0.109. The smallest absolute Gasteiger partial charge is 0.308 e. The normalized spacial score (nSPS) is 23.6. The standard InChI is InChI=1S/C27H30FN5O2S/c1-36-9-3-2-4-17-14-33(23-16-7-5-15(6-8-16)22(23)27(34)35)26-20(17)12-31-25(32-26)21-13-30-24-19(21)10-18(28)11-29-24/h10-16,22-23H,2-9H2,1H3,(H,29,30)(H,34,35)/t15?,16?,22-,23-/m1/s1. The van der Waals surface area contributed by atoms with Crippen LogP contribution in [0.2, 0.25) is 0 Å². The van der Waals surface area contributed by atoms with Crippen LogP contribution in [0.15, 0.2) is 30.9 Å². The maximum Gasteiger partial charge on any atom is 0.308 e. The number of nitrogens with zero attached hydrogens (tertiary/aromatic N) is 4. The monoisotopic (exact) mass is 507 g/mol. The summed E-state index contributed by atoms with van der Waals surface area (Å²) in [6.07, 6.45) is 16.3. The second-order valence-electron chi connectivity index (χ2n) is 10.2. The van der Waals surface area contributed by atoms with Gasteiger partial charge in [-0.15, -0.1) is 0 Å². The highest BCUT2D eigenvalue weighted by atomic mass is 32.2. The number of unbranched alkanes of at least 4 members (excludes halogenated alkanes) is 1. The molecular formula is C27H30FN5O2S. The largest absolute Gasteiger partial charge is 0.481 e. The molecule has 3 fully saturated rings. The van der Waals surface area contributed by atoms with E-state index in [1.807, 2.05) is 18.0 Å². The third kappa shape index (κ3) is 3.97. The SMILES string of the molecule is CSCCCCc1cn([C@@H]2C3CCC(CC3)[C@H]2C(=O)O)c2nc(-c3c[nH]c4ncc(F)cc34)ncc12. The van der Waals surface area contributed by atoms with Crippen molar-refractivity contribution in [2.24, 2.45) is 17.8 Å². The van der Waals surface area contributed by atoms with Crippen LogP contribution in [0.4, 0.5) is 4.39 Å². The number of pyridine rings is 1. The van der Waals surface area contributed by atoms with Crippen LogP contribution in [0.1, 0.15) is 50.1 Å². The molecule has 7 nitrogen and oxygen atoms in total. The average molecular weight is 508 g/mol. The van der Waals surface area contributed by atoms with Crippen molar-refractivity contribution in [3.05, 3.63) is 42.2 Å². The Balaban J connectivity index is 1.48. The van der Waals surface area contributed by atoms with Crippen LogP contribution in [0.5, 0.6) is 0 Å². The van der Waals surface area contributed by atoms with E-state index < -0.39 is 17.7 Å². The molecule has 0 unspecified atom stereocenters. The lowest BCUT2D eigenvalue weighted by Gasteiger charge is -2.47. The van der Waals surface area contributed by atoms with E-state index in [4.69, 9.17) is 4.98 Å². The minimum Gasteiger partial charge on any atom is -0.481 e. The van der Waals surface area contributed by atoms with Crippen molar-refractivity contribution >= 4 is 39.8 Å². The zero-order valence-electron chi connectivity index (χ0n) is 20.3. The highest BCUT2D eigenvalue weighted by molar-refractivity contribution is 7.98. The number of nitrogens with one attached hydrogen (secondary N) is 1. The van der Waals surface area contributed by atoms with Gasteiger partial charge in [-0.25, -0.2) is 19.3 Å². The number of hydrogen-bond acceptors (Lipinski definition) is 5. The molecule has 0 aliphatic heterocycles. The van der Waals surface area contributed by atoms with Crippen molar-refractivity contribution in [2.75, 3.05) is 12.0 Å². The Labute approximate surface area is 212 Å². The van der Waals surface area contributed by atoms with Crippen molar-refractivity contribution in [3.63, 3.8) is 0 Å². The molecular weight excluding hydrogens is 477 g/mol. The van der Waals surface area contributed by atoms with E-state index in [1.165, 1.54) is 17.8 Å². The molecule has 2 bridgehead atoms. The average Bonchev–Trinajstić information content (AvgIpc) is 3.47. The zero-order valence-corrected chi connectivity index (χ0v) is 21.1. The number of carbonyl (C=O) groups is 1. The molecule has 0 amide bonds. The first kappa shape index (κ1) is 23.5. The molecule has 0 radical (unpaired) electrons. The third-order valence-corrected chi connectivity index (χ3v) is 8.92. The van der Waals surface area contributed by atoms with Gasteiger partial charge in [0.25, 0.3) is 0 Å². The van der Waals surface area contributed by atoms with Gasteiger partial charge >= 0.3 is 5.97 Å². The number of carboxylic acids is 1. The lowest BCUT2D eigenvalue weighted by molar-refractivity contribution is -0.151. The topological polar surface area (TPSA) is 96.7 Å². The van der Waals surface area contributed by atoms with Crippen LogP contribution in [0.25, 0.3) is 33.5 Å². The maximum absolute atomic E-state index is 14.0. The Morgan fingerprint density at radius 1 is 1.17 bits per heavy atom. The summed E-state index contributed by atoms with van der Waals surface area (Å²) in [7, 11) is 0. The molecule has 4 aromatic rings. The van der Waals surface area contributed by atoms with E-state index in [0.717, 1.165) is 61.7 Å². The lowest BCUT2D eigenvalue weighted by atomic mass is 9.61. The van der Waals surface area contributed by atoms with Gasteiger partial charge < -0.3 is 14.7 Å². The summed E-state index contributed by atoms with van der Waals surface area (Å²) in [6, 6.07) is 1.33. The van der Waals surface area contributed by atoms with E-state index in [9.17, 15) is 14.3 Å². The van der Waals surface area contributed by atoms with E-state index in [2.05, 4.69) is 32.0 Å². The summed E-state index contributed by atoms with van der Waals surface area (Å²) in [5.74, 6) is 0.639. The third-order valence-electron chi connectivity index (χ3n) is 8.22. The van der Waals surface area contributed by atoms with E-state index in [0.29, 0.717) is 28.3 Å². The Bertz CT molecular complexity index is 1420. The molecule has 2 N–H and O–H groups in total. The number of hydrogen-bond donors (Lipinski definition) is 2. The van der Waals surface area contributed by atoms with Gasteiger partial charge in [0.2, 0.25) is 0 Å². The number of halogens is 1. The van der Waals surface area contributed by atoms with Gasteiger partial charge in [-0.2, -0.15) is 11.8 Å². The summed E-state index contributed by atoms with van der Waals surface area (Å²) in [5.41, 5.74) is 3.22. The summed E-state index contributed by atoms with van der Waals surface area (Å²) < 4.78 is 16.1. The predicted octanol–water partition coefficient (Wildman–Crippen LogP) is 5.86. The van der Waals surface area contributed by atoms with Gasteiger partial charge in [-0.1, -0.05) is 0 Å². The molecule has 3 aliphatic carbocycles. The molecule has 0 aromatic carbocycles. The van der Waals surface area contributed by atoms with Gasteiger partial charge in [-0.3, -0.25) is 4.79 Å². The first-order valence-corrected chi connectivity index (χ1v) is 14.2. The molecule has 4 aromatic heterocycles. The van der Waals surface area contributed by atoms with Crippen molar-refractivity contribution in [1.82, 2.24) is 24.5 Å². The number of fused-ring (bicyclic) bond motifs is 5. The highest BCUT2D eigenvalue weighted by Crippen LogP contribution is 2.52. The molecule has 3 aliphatic rings. The quantitative estimate of drug-likeness (QED) is 0.290. The van der Waals surface area contributed by atoms with Crippen LogP contribution in [0, 0.1) is 23.6 Å². The first-order chi connectivity index (χ1) is 17.5. The minimum atomic E-state index is -0.703. The van der Waals surface area contributed by atoms with Crippen molar-refractivity contribution in [2.45, 2.75) is 51.0 Å². The van der Waals surface area contributed by atoms with E-state index in [-0.39, 0.29) is 12.0 Å². The Kier molecular flexibility index (Phi) is 6.19.